The van der Waals surface area contributed by atoms with Crippen molar-refractivity contribution < 1.29 is 23.3 Å². The van der Waals surface area contributed by atoms with Gasteiger partial charge in [-0.25, -0.2) is 0 Å². The van der Waals surface area contributed by atoms with Crippen LogP contribution in [-0.2, 0) is 9.59 Å². The van der Waals surface area contributed by atoms with Crippen LogP contribution in [0.5, 0.6) is 0 Å². The molecule has 2 heterocycles. The summed E-state index contributed by atoms with van der Waals surface area (Å²) in [4.78, 5) is 48.8. The van der Waals surface area contributed by atoms with Gasteiger partial charge in [0.05, 0.1) is 11.1 Å². The number of benzene rings is 1. The maximum absolute atomic E-state index is 12.5. The van der Waals surface area contributed by atoms with Gasteiger partial charge in [-0.15, -0.1) is 0 Å². The normalized spacial score (nSPS) is 30.4. The second-order valence-corrected chi connectivity index (χ2v) is 4.32. The topological polar surface area (TPSA) is 110 Å². The van der Waals surface area contributed by atoms with Crippen molar-refractivity contribution >= 4 is 29.3 Å². The predicted octanol–water partition coefficient (Wildman–Crippen LogP) is -0.330. The van der Waals surface area contributed by atoms with Crippen molar-refractivity contribution in [2.45, 2.75) is 18.8 Å². The van der Waals surface area contributed by atoms with Gasteiger partial charge in [-0.2, -0.15) is 0 Å². The van der Waals surface area contributed by atoms with Gasteiger partial charge >= 0.3 is 0 Å². The Balaban J connectivity index is 2.11. The summed E-state index contributed by atoms with van der Waals surface area (Å²) in [6, 6.07) is 2.27. The van der Waals surface area contributed by atoms with Crippen molar-refractivity contribution in [3.63, 3.8) is 0 Å². The number of nitrogens with two attached hydrogens (primary N) is 1. The standard InChI is InChI=1S/C13H11N3O4/c14-7-3-1-2-6-10(7)13(20)16(12(6)19)8-4-5-9(17)15-11(8)18/h1-3,8H,4-5,14H2,(H,15,17,18)/i4D2,5D. The van der Waals surface area contributed by atoms with Crippen LogP contribution < -0.4 is 11.1 Å². The molecule has 3 N–H and O–H groups in total. The molecule has 0 spiro atoms. The number of nitrogens with one attached hydrogen (secondary N) is 1. The third-order valence-electron chi connectivity index (χ3n) is 3.10. The highest BCUT2D eigenvalue weighted by Gasteiger charge is 2.45. The quantitative estimate of drug-likeness (QED) is 0.539. The van der Waals surface area contributed by atoms with E-state index in [4.69, 9.17) is 9.85 Å². The molecule has 2 aliphatic rings. The summed E-state index contributed by atoms with van der Waals surface area (Å²) in [5.41, 5.74) is 5.55. The number of carbonyl (C=O) groups is 4. The molecule has 2 aliphatic heterocycles. The van der Waals surface area contributed by atoms with E-state index < -0.39 is 42.4 Å². The number of fused-ring (bicyclic) bond motifs is 1. The van der Waals surface area contributed by atoms with E-state index in [1.165, 1.54) is 18.2 Å². The summed E-state index contributed by atoms with van der Waals surface area (Å²) in [6.45, 7) is 0. The van der Waals surface area contributed by atoms with E-state index in [0.717, 1.165) is 0 Å². The maximum Gasteiger partial charge on any atom is 0.264 e. The van der Waals surface area contributed by atoms with Crippen LogP contribution in [0.3, 0.4) is 0 Å². The van der Waals surface area contributed by atoms with Crippen molar-refractivity contribution in [2.24, 2.45) is 0 Å². The second-order valence-electron chi connectivity index (χ2n) is 4.32. The number of rotatable bonds is 1. The van der Waals surface area contributed by atoms with Gasteiger partial charge in [0.15, 0.2) is 0 Å². The van der Waals surface area contributed by atoms with Crippen molar-refractivity contribution in [3.8, 4) is 0 Å². The van der Waals surface area contributed by atoms with Crippen LogP contribution >= 0.6 is 0 Å². The van der Waals surface area contributed by atoms with E-state index in [1.807, 2.05) is 5.32 Å². The van der Waals surface area contributed by atoms with Gasteiger partial charge in [-0.3, -0.25) is 29.4 Å². The first-order valence-corrected chi connectivity index (χ1v) is 5.71. The molecule has 7 nitrogen and oxygen atoms in total. The minimum Gasteiger partial charge on any atom is -0.398 e. The summed E-state index contributed by atoms with van der Waals surface area (Å²) < 4.78 is 23.3. The van der Waals surface area contributed by atoms with Gasteiger partial charge in [0.2, 0.25) is 11.8 Å². The summed E-state index contributed by atoms with van der Waals surface area (Å²) in [5, 5.41) is 1.81. The number of anilines is 1. The SMILES string of the molecule is [2H]C1C(=O)NC(=O)C(N2C(=O)c3cccc(N)c3C2=O)C1([2H])[2H]. The summed E-state index contributed by atoms with van der Waals surface area (Å²) in [5.74, 6) is -4.07. The highest BCUT2D eigenvalue weighted by molar-refractivity contribution is 6.25. The fourth-order valence-electron chi connectivity index (χ4n) is 2.21. The molecule has 1 saturated heterocycles. The lowest BCUT2D eigenvalue weighted by Gasteiger charge is -2.27. The first-order chi connectivity index (χ1) is 10.7. The highest BCUT2D eigenvalue weighted by atomic mass is 16.2. The van der Waals surface area contributed by atoms with E-state index in [0.29, 0.717) is 4.90 Å². The number of hydrogen-bond donors (Lipinski definition) is 2. The number of amides is 4. The number of carbonyl (C=O) groups excluding carboxylic acids is 4. The Kier molecular flexibility index (Phi) is 1.92. The molecule has 20 heavy (non-hydrogen) atoms. The summed E-state index contributed by atoms with van der Waals surface area (Å²) in [6.07, 6.45) is -4.67. The lowest BCUT2D eigenvalue weighted by Crippen LogP contribution is -2.54. The van der Waals surface area contributed by atoms with Crippen molar-refractivity contribution in [3.05, 3.63) is 29.3 Å². The van der Waals surface area contributed by atoms with Crippen LogP contribution in [0.2, 0.25) is 0 Å². The molecule has 4 amide bonds. The fourth-order valence-corrected chi connectivity index (χ4v) is 2.21. The van der Waals surface area contributed by atoms with Crippen LogP contribution in [0.25, 0.3) is 0 Å². The first-order valence-electron chi connectivity index (χ1n) is 7.29. The average molecular weight is 276 g/mol. The molecule has 2 atom stereocenters. The molecule has 1 aromatic rings. The lowest BCUT2D eigenvalue weighted by molar-refractivity contribution is -0.136. The van der Waals surface area contributed by atoms with Gasteiger partial charge in [-0.1, -0.05) is 6.07 Å². The Morgan fingerprint density at radius 3 is 2.70 bits per heavy atom. The second kappa shape index (κ2) is 4.16. The molecule has 3 rings (SSSR count). The van der Waals surface area contributed by atoms with Crippen LogP contribution in [-0.4, -0.2) is 34.6 Å². The molecule has 0 radical (unpaired) electrons. The van der Waals surface area contributed by atoms with E-state index in [-0.39, 0.29) is 16.8 Å². The average Bonchev–Trinajstić information content (AvgIpc) is 2.71. The fraction of sp³-hybridized carbons (Fsp3) is 0.231. The zero-order valence-corrected chi connectivity index (χ0v) is 10.0. The Bertz CT molecular complexity index is 780. The smallest absolute Gasteiger partial charge is 0.264 e. The van der Waals surface area contributed by atoms with E-state index in [1.54, 1.807) is 0 Å². The monoisotopic (exact) mass is 276 g/mol. The van der Waals surface area contributed by atoms with Crippen molar-refractivity contribution in [1.29, 1.82) is 0 Å². The summed E-state index contributed by atoms with van der Waals surface area (Å²) in [7, 11) is 0. The molecule has 2 unspecified atom stereocenters. The zero-order chi connectivity index (χ0) is 17.1. The largest absolute Gasteiger partial charge is 0.398 e. The highest BCUT2D eigenvalue weighted by Crippen LogP contribution is 2.30. The number of nitrogens with zero attached hydrogens (tertiary/aromatic N) is 1. The minimum atomic E-state index is -2.72. The Labute approximate surface area is 117 Å². The van der Waals surface area contributed by atoms with Gasteiger partial charge in [0, 0.05) is 16.2 Å². The number of nitrogen functional groups attached to an aromatic ring is 1. The zero-order valence-electron chi connectivity index (χ0n) is 13.0. The van der Waals surface area contributed by atoms with Gasteiger partial charge in [0.25, 0.3) is 11.8 Å². The molecule has 1 fully saturated rings. The van der Waals surface area contributed by atoms with Crippen molar-refractivity contribution in [2.75, 3.05) is 5.73 Å². The van der Waals surface area contributed by atoms with E-state index >= 15 is 0 Å². The molecular formula is C13H11N3O4. The number of hydrogen-bond acceptors (Lipinski definition) is 5. The van der Waals surface area contributed by atoms with Gasteiger partial charge in [0.1, 0.15) is 6.04 Å². The van der Waals surface area contributed by atoms with E-state index in [2.05, 4.69) is 0 Å². The molecule has 1 aromatic carbocycles. The number of imide groups is 2. The van der Waals surface area contributed by atoms with Crippen LogP contribution in [0.1, 0.15) is 37.6 Å². The molecule has 102 valence electrons. The molecule has 0 bridgehead atoms. The molecule has 0 aromatic heterocycles. The maximum atomic E-state index is 12.5. The third kappa shape index (κ3) is 1.59. The summed E-state index contributed by atoms with van der Waals surface area (Å²) >= 11 is 0. The Hall–Kier alpha value is -2.70. The molecule has 0 saturated carbocycles. The number of piperidine rings is 1. The predicted molar refractivity (Wildman–Crippen MR) is 67.5 cm³/mol. The van der Waals surface area contributed by atoms with E-state index in [9.17, 15) is 19.2 Å². The Morgan fingerprint density at radius 1 is 1.25 bits per heavy atom. The lowest BCUT2D eigenvalue weighted by atomic mass is 10.0. The van der Waals surface area contributed by atoms with Gasteiger partial charge < -0.3 is 5.73 Å². The van der Waals surface area contributed by atoms with Gasteiger partial charge in [-0.05, 0) is 18.5 Å². The van der Waals surface area contributed by atoms with Crippen LogP contribution in [0, 0.1) is 0 Å². The minimum absolute atomic E-state index is 0.0265. The molecule has 7 heteroatoms. The third-order valence-corrected chi connectivity index (χ3v) is 3.10. The Morgan fingerprint density at radius 2 is 2.00 bits per heavy atom. The molecular weight excluding hydrogens is 262 g/mol. The van der Waals surface area contributed by atoms with Crippen LogP contribution in [0.15, 0.2) is 18.2 Å². The van der Waals surface area contributed by atoms with Crippen molar-refractivity contribution in [1.82, 2.24) is 10.2 Å². The van der Waals surface area contributed by atoms with Crippen LogP contribution in [0.4, 0.5) is 5.69 Å². The first kappa shape index (κ1) is 9.24. The molecule has 0 aliphatic carbocycles.